The average molecular weight is 317 g/mol. The second-order valence-corrected chi connectivity index (χ2v) is 8.45. The predicted octanol–water partition coefficient (Wildman–Crippen LogP) is 6.90. The van der Waals surface area contributed by atoms with E-state index in [2.05, 4.69) is 19.1 Å². The molecule has 0 saturated heterocycles. The van der Waals surface area contributed by atoms with Crippen LogP contribution in [0.2, 0.25) is 0 Å². The zero-order valence-electron chi connectivity index (χ0n) is 12.9. The zero-order valence-corrected chi connectivity index (χ0v) is 14.4. The Morgan fingerprint density at radius 3 is 2.20 bits per heavy atom. The highest BCUT2D eigenvalue weighted by Gasteiger charge is 2.44. The molecule has 3 unspecified atom stereocenters. The molecule has 3 atom stereocenters. The fourth-order valence-corrected chi connectivity index (χ4v) is 4.52. The lowest BCUT2D eigenvalue weighted by Gasteiger charge is -2.24. The van der Waals surface area contributed by atoms with Gasteiger partial charge in [-0.1, -0.05) is 64.0 Å². The monoisotopic (exact) mass is 316 g/mol. The molecule has 2 heteroatoms. The Balaban J connectivity index is 1.44. The van der Waals surface area contributed by atoms with Crippen LogP contribution in [0.5, 0.6) is 0 Å². The molecule has 0 N–H and O–H groups in total. The van der Waals surface area contributed by atoms with Gasteiger partial charge in [-0.2, -0.15) is 0 Å². The van der Waals surface area contributed by atoms with Crippen LogP contribution in [0, 0.1) is 17.3 Å². The molecule has 1 saturated carbocycles. The first-order valence-electron chi connectivity index (χ1n) is 8.59. The van der Waals surface area contributed by atoms with Crippen LogP contribution in [-0.2, 0) is 0 Å². The lowest BCUT2D eigenvalue weighted by atomic mass is 9.80. The number of fused-ring (bicyclic) bond motifs is 2. The summed E-state index contributed by atoms with van der Waals surface area (Å²) in [6.07, 6.45) is 19.8. The topological polar surface area (TPSA) is 0 Å². The highest BCUT2D eigenvalue weighted by molar-refractivity contribution is 6.44. The molecule has 20 heavy (non-hydrogen) atoms. The molecule has 2 bridgehead atoms. The van der Waals surface area contributed by atoms with E-state index in [0.29, 0.717) is 5.41 Å². The van der Waals surface area contributed by atoms with E-state index < -0.39 is 0 Å². The molecule has 2 aliphatic rings. The first-order chi connectivity index (χ1) is 9.61. The highest BCUT2D eigenvalue weighted by Crippen LogP contribution is 2.54. The molecular weight excluding hydrogens is 287 g/mol. The van der Waals surface area contributed by atoms with Crippen LogP contribution in [0.25, 0.3) is 0 Å². The lowest BCUT2D eigenvalue weighted by molar-refractivity contribution is 0.336. The van der Waals surface area contributed by atoms with Gasteiger partial charge in [0.05, 0.1) is 0 Å². The van der Waals surface area contributed by atoms with Crippen molar-refractivity contribution in [3.8, 4) is 0 Å². The van der Waals surface area contributed by atoms with E-state index in [0.717, 1.165) is 18.3 Å². The Morgan fingerprint density at radius 2 is 1.65 bits per heavy atom. The fraction of sp³-hybridized carbons (Fsp3) is 0.889. The molecular formula is C18H30Cl2. The first-order valence-corrected chi connectivity index (χ1v) is 9.46. The molecule has 2 aliphatic carbocycles. The molecule has 0 aromatic rings. The smallest absolute Gasteiger partial charge is 0.105 e. The van der Waals surface area contributed by atoms with E-state index >= 15 is 0 Å². The average Bonchev–Trinajstić information content (AvgIpc) is 2.94. The van der Waals surface area contributed by atoms with Gasteiger partial charge in [-0.15, -0.1) is 23.2 Å². The third-order valence-electron chi connectivity index (χ3n) is 5.40. The maximum absolute atomic E-state index is 5.72. The van der Waals surface area contributed by atoms with E-state index in [9.17, 15) is 0 Å². The van der Waals surface area contributed by atoms with Crippen molar-refractivity contribution in [1.82, 2.24) is 0 Å². The number of hydrogen-bond donors (Lipinski definition) is 0. The Hall–Kier alpha value is 0.320. The predicted molar refractivity (Wildman–Crippen MR) is 90.5 cm³/mol. The van der Waals surface area contributed by atoms with E-state index in [1.54, 1.807) is 0 Å². The van der Waals surface area contributed by atoms with Gasteiger partial charge in [-0.05, 0) is 42.9 Å². The van der Waals surface area contributed by atoms with Gasteiger partial charge in [0.25, 0.3) is 0 Å². The molecule has 116 valence electrons. The van der Waals surface area contributed by atoms with Gasteiger partial charge in [0, 0.05) is 0 Å². The summed E-state index contributed by atoms with van der Waals surface area (Å²) in [7, 11) is 0. The zero-order chi connectivity index (χ0) is 14.4. The largest absolute Gasteiger partial charge is 0.107 e. The number of hydrogen-bond acceptors (Lipinski definition) is 0. The lowest BCUT2D eigenvalue weighted by Crippen LogP contribution is -2.13. The summed E-state index contributed by atoms with van der Waals surface area (Å²) in [5.41, 5.74) is 0.611. The molecule has 0 spiro atoms. The second kappa shape index (κ2) is 8.08. The van der Waals surface area contributed by atoms with Crippen LogP contribution in [0.4, 0.5) is 0 Å². The summed E-state index contributed by atoms with van der Waals surface area (Å²) in [5, 5.41) is 0. The van der Waals surface area contributed by atoms with E-state index in [-0.39, 0.29) is 4.84 Å². The van der Waals surface area contributed by atoms with Gasteiger partial charge in [-0.25, -0.2) is 0 Å². The Bertz CT molecular complexity index is 311. The van der Waals surface area contributed by atoms with Crippen molar-refractivity contribution in [2.24, 2.45) is 17.3 Å². The molecule has 0 heterocycles. The quantitative estimate of drug-likeness (QED) is 0.233. The Kier molecular flexibility index (Phi) is 6.75. The summed E-state index contributed by atoms with van der Waals surface area (Å²) in [4.78, 5) is -0.161. The number of rotatable bonds is 10. The van der Waals surface area contributed by atoms with Gasteiger partial charge in [0.15, 0.2) is 0 Å². The molecule has 0 aromatic carbocycles. The first kappa shape index (κ1) is 16.7. The van der Waals surface area contributed by atoms with Gasteiger partial charge in [0.2, 0.25) is 0 Å². The van der Waals surface area contributed by atoms with Crippen molar-refractivity contribution in [2.45, 2.75) is 82.4 Å². The van der Waals surface area contributed by atoms with Crippen molar-refractivity contribution < 1.29 is 0 Å². The summed E-state index contributed by atoms with van der Waals surface area (Å²) in [5.74, 6) is 1.84. The highest BCUT2D eigenvalue weighted by atomic mass is 35.5. The molecule has 0 aromatic heterocycles. The molecule has 1 fully saturated rings. The third-order valence-corrected chi connectivity index (χ3v) is 5.83. The molecule has 0 amide bonds. The number of unbranched alkanes of at least 4 members (excludes halogenated alkanes) is 6. The molecule has 0 nitrogen and oxygen atoms in total. The van der Waals surface area contributed by atoms with Crippen molar-refractivity contribution in [3.05, 3.63) is 12.2 Å². The minimum Gasteiger partial charge on any atom is -0.105 e. The van der Waals surface area contributed by atoms with Gasteiger partial charge >= 0.3 is 0 Å². The Morgan fingerprint density at radius 1 is 1.00 bits per heavy atom. The van der Waals surface area contributed by atoms with Crippen LogP contribution >= 0.6 is 23.2 Å². The van der Waals surface area contributed by atoms with Crippen molar-refractivity contribution >= 4 is 23.2 Å². The second-order valence-electron chi connectivity index (χ2n) is 7.18. The van der Waals surface area contributed by atoms with Crippen LogP contribution in [-0.4, -0.2) is 4.84 Å². The summed E-state index contributed by atoms with van der Waals surface area (Å²) in [6.45, 7) is 2.43. The number of alkyl halides is 2. The standard InChI is InChI=1S/C18H30Cl2/c1-15-13-18(12-10-16(15)14-18)11-8-6-4-2-3-5-7-9-17(19)20/h10,12,15-17H,2-9,11,13-14H2,1H3. The molecule has 0 radical (unpaired) electrons. The normalized spacial score (nSPS) is 31.6. The minimum absolute atomic E-state index is 0.161. The van der Waals surface area contributed by atoms with Crippen LogP contribution in [0.15, 0.2) is 12.2 Å². The van der Waals surface area contributed by atoms with Gasteiger partial charge in [0.1, 0.15) is 4.84 Å². The SMILES string of the molecule is CC1CC2(CCCCCCCCCC(Cl)Cl)C=CC1C2. The maximum Gasteiger partial charge on any atom is 0.107 e. The molecule has 2 rings (SSSR count). The third kappa shape index (κ3) is 4.95. The van der Waals surface area contributed by atoms with Gasteiger partial charge < -0.3 is 0 Å². The number of halogens is 2. The van der Waals surface area contributed by atoms with Gasteiger partial charge in [-0.3, -0.25) is 0 Å². The van der Waals surface area contributed by atoms with Crippen molar-refractivity contribution in [2.75, 3.05) is 0 Å². The van der Waals surface area contributed by atoms with E-state index in [4.69, 9.17) is 23.2 Å². The van der Waals surface area contributed by atoms with Crippen LogP contribution in [0.3, 0.4) is 0 Å². The summed E-state index contributed by atoms with van der Waals surface area (Å²) >= 11 is 11.4. The van der Waals surface area contributed by atoms with Crippen molar-refractivity contribution in [3.63, 3.8) is 0 Å². The Labute approximate surface area is 135 Å². The van der Waals surface area contributed by atoms with Crippen LogP contribution < -0.4 is 0 Å². The fourth-order valence-electron chi connectivity index (χ4n) is 4.22. The summed E-state index contributed by atoms with van der Waals surface area (Å²) in [6, 6.07) is 0. The maximum atomic E-state index is 5.72. The van der Waals surface area contributed by atoms with Crippen LogP contribution in [0.1, 0.15) is 77.6 Å². The van der Waals surface area contributed by atoms with E-state index in [1.165, 1.54) is 64.2 Å². The van der Waals surface area contributed by atoms with E-state index in [1.807, 2.05) is 0 Å². The number of allylic oxidation sites excluding steroid dienone is 2. The minimum atomic E-state index is -0.161. The molecule has 0 aliphatic heterocycles. The summed E-state index contributed by atoms with van der Waals surface area (Å²) < 4.78 is 0. The van der Waals surface area contributed by atoms with Crippen molar-refractivity contribution in [1.29, 1.82) is 0 Å².